The fourth-order valence-electron chi connectivity index (χ4n) is 1.04. The van der Waals surface area contributed by atoms with Crippen molar-refractivity contribution in [2.24, 2.45) is 0 Å². The molecule has 6 heteroatoms. The molecule has 0 unspecified atom stereocenters. The van der Waals surface area contributed by atoms with E-state index in [0.29, 0.717) is 18.6 Å². The topological polar surface area (TPSA) is 52.1 Å². The van der Waals surface area contributed by atoms with Gasteiger partial charge in [0.2, 0.25) is 0 Å². The summed E-state index contributed by atoms with van der Waals surface area (Å²) in [6.45, 7) is 2.12. The number of ether oxygens (including phenoxy) is 1. The minimum atomic E-state index is -0.284. The smallest absolute Gasteiger partial charge is 0.306 e. The Morgan fingerprint density at radius 1 is 1.40 bits per heavy atom. The zero-order chi connectivity index (χ0) is 11.3. The van der Waals surface area contributed by atoms with Crippen molar-refractivity contribution in [2.75, 3.05) is 6.61 Å². The summed E-state index contributed by atoms with van der Waals surface area (Å²) in [5.74, 6) is -0.284. The van der Waals surface area contributed by atoms with Gasteiger partial charge in [0.05, 0.1) is 6.61 Å². The van der Waals surface area contributed by atoms with Gasteiger partial charge < -0.3 is 4.74 Å². The van der Waals surface area contributed by atoms with E-state index in [-0.39, 0.29) is 22.7 Å². The Morgan fingerprint density at radius 3 is 2.53 bits per heavy atom. The van der Waals surface area contributed by atoms with E-state index in [1.807, 2.05) is 0 Å². The molecule has 0 amide bonds. The van der Waals surface area contributed by atoms with Gasteiger partial charge >= 0.3 is 5.97 Å². The van der Waals surface area contributed by atoms with Crippen molar-refractivity contribution in [3.8, 4) is 0 Å². The summed E-state index contributed by atoms with van der Waals surface area (Å²) >= 11 is 11.6. The number of hydrogen-bond acceptors (Lipinski definition) is 4. The first-order valence-corrected chi connectivity index (χ1v) is 5.21. The van der Waals surface area contributed by atoms with E-state index in [9.17, 15) is 4.79 Å². The second-order valence-corrected chi connectivity index (χ2v) is 3.45. The summed E-state index contributed by atoms with van der Waals surface area (Å²) in [5.41, 5.74) is 0.578. The van der Waals surface area contributed by atoms with Gasteiger partial charge in [-0.3, -0.25) is 4.79 Å². The number of aromatic nitrogens is 2. The van der Waals surface area contributed by atoms with Gasteiger partial charge in [-0.2, -0.15) is 0 Å². The van der Waals surface area contributed by atoms with Crippen LogP contribution in [0, 0.1) is 0 Å². The van der Waals surface area contributed by atoms with Gasteiger partial charge in [-0.1, -0.05) is 23.2 Å². The summed E-state index contributed by atoms with van der Waals surface area (Å²) in [4.78, 5) is 18.7. The first-order chi connectivity index (χ1) is 7.15. The summed E-state index contributed by atoms with van der Waals surface area (Å²) in [6, 6.07) is 0. The summed E-state index contributed by atoms with van der Waals surface area (Å²) in [6.07, 6.45) is 1.89. The highest BCUT2D eigenvalue weighted by atomic mass is 35.5. The molecule has 0 fully saturated rings. The van der Waals surface area contributed by atoms with Gasteiger partial charge in [-0.25, -0.2) is 9.97 Å². The van der Waals surface area contributed by atoms with Gasteiger partial charge in [-0.05, 0) is 13.3 Å². The molecule has 0 N–H and O–H groups in total. The SMILES string of the molecule is CCOC(=O)CCc1c(Cl)ncnc1Cl. The Morgan fingerprint density at radius 2 is 2.00 bits per heavy atom. The fraction of sp³-hybridized carbons (Fsp3) is 0.444. The van der Waals surface area contributed by atoms with E-state index in [1.54, 1.807) is 6.92 Å². The molecule has 15 heavy (non-hydrogen) atoms. The number of halogens is 2. The van der Waals surface area contributed by atoms with Crippen LogP contribution in [0.1, 0.15) is 18.9 Å². The van der Waals surface area contributed by atoms with E-state index in [0.717, 1.165) is 0 Å². The van der Waals surface area contributed by atoms with Gasteiger partial charge in [-0.15, -0.1) is 0 Å². The van der Waals surface area contributed by atoms with Crippen LogP contribution in [-0.2, 0) is 16.0 Å². The molecule has 0 aliphatic rings. The number of carbonyl (C=O) groups excluding carboxylic acids is 1. The lowest BCUT2D eigenvalue weighted by Crippen LogP contribution is -2.06. The second-order valence-electron chi connectivity index (χ2n) is 2.74. The Hall–Kier alpha value is -0.870. The Balaban J connectivity index is 2.61. The lowest BCUT2D eigenvalue weighted by Gasteiger charge is -2.04. The van der Waals surface area contributed by atoms with Gasteiger partial charge in [0.15, 0.2) is 0 Å². The summed E-state index contributed by atoms with van der Waals surface area (Å²) in [5, 5.41) is 0.554. The van der Waals surface area contributed by atoms with E-state index < -0.39 is 0 Å². The molecular weight excluding hydrogens is 239 g/mol. The Bertz CT molecular complexity index is 338. The van der Waals surface area contributed by atoms with Crippen molar-refractivity contribution in [1.82, 2.24) is 9.97 Å². The third-order valence-corrected chi connectivity index (χ3v) is 2.38. The molecule has 0 bridgehead atoms. The highest BCUT2D eigenvalue weighted by Gasteiger charge is 2.10. The molecular formula is C9H10Cl2N2O2. The Kier molecular flexibility index (Phi) is 4.78. The molecule has 0 aliphatic carbocycles. The minimum absolute atomic E-state index is 0.223. The monoisotopic (exact) mass is 248 g/mol. The molecule has 0 saturated carbocycles. The van der Waals surface area contributed by atoms with Crippen LogP contribution in [0.15, 0.2) is 6.33 Å². The van der Waals surface area contributed by atoms with Crippen LogP contribution in [0.3, 0.4) is 0 Å². The third-order valence-electron chi connectivity index (χ3n) is 1.72. The van der Waals surface area contributed by atoms with Crippen LogP contribution < -0.4 is 0 Å². The molecule has 0 saturated heterocycles. The average molecular weight is 249 g/mol. The molecule has 1 aromatic rings. The Labute approximate surface area is 97.6 Å². The van der Waals surface area contributed by atoms with Crippen LogP contribution in [-0.4, -0.2) is 22.5 Å². The van der Waals surface area contributed by atoms with Crippen molar-refractivity contribution < 1.29 is 9.53 Å². The highest BCUT2D eigenvalue weighted by molar-refractivity contribution is 6.34. The fourth-order valence-corrected chi connectivity index (χ4v) is 1.54. The van der Waals surface area contributed by atoms with Gasteiger partial charge in [0.1, 0.15) is 16.6 Å². The molecule has 4 nitrogen and oxygen atoms in total. The van der Waals surface area contributed by atoms with Crippen LogP contribution in [0.5, 0.6) is 0 Å². The number of hydrogen-bond donors (Lipinski definition) is 0. The van der Waals surface area contributed by atoms with Crippen LogP contribution in [0.25, 0.3) is 0 Å². The van der Waals surface area contributed by atoms with E-state index in [4.69, 9.17) is 27.9 Å². The molecule has 1 aromatic heterocycles. The van der Waals surface area contributed by atoms with Crippen molar-refractivity contribution in [3.63, 3.8) is 0 Å². The zero-order valence-electron chi connectivity index (χ0n) is 8.17. The predicted octanol–water partition coefficient (Wildman–Crippen LogP) is 2.28. The second kappa shape index (κ2) is 5.88. The van der Waals surface area contributed by atoms with Crippen molar-refractivity contribution in [1.29, 1.82) is 0 Å². The molecule has 1 rings (SSSR count). The molecule has 0 spiro atoms. The molecule has 1 heterocycles. The summed E-state index contributed by atoms with van der Waals surface area (Å²) in [7, 11) is 0. The standard InChI is InChI=1S/C9H10Cl2N2O2/c1-2-15-7(14)4-3-6-8(10)12-5-13-9(6)11/h5H,2-4H2,1H3. The number of nitrogens with zero attached hydrogens (tertiary/aromatic N) is 2. The van der Waals surface area contributed by atoms with Gasteiger partial charge in [0, 0.05) is 12.0 Å². The van der Waals surface area contributed by atoms with Crippen molar-refractivity contribution >= 4 is 29.2 Å². The lowest BCUT2D eigenvalue weighted by molar-refractivity contribution is -0.143. The molecule has 0 aliphatic heterocycles. The summed E-state index contributed by atoms with van der Waals surface area (Å²) < 4.78 is 4.78. The molecule has 82 valence electrons. The number of carbonyl (C=O) groups is 1. The molecule has 0 radical (unpaired) electrons. The third kappa shape index (κ3) is 3.64. The van der Waals surface area contributed by atoms with Crippen molar-refractivity contribution in [2.45, 2.75) is 19.8 Å². The van der Waals surface area contributed by atoms with E-state index in [1.165, 1.54) is 6.33 Å². The van der Waals surface area contributed by atoms with Crippen LogP contribution >= 0.6 is 23.2 Å². The predicted molar refractivity (Wildman–Crippen MR) is 57.0 cm³/mol. The maximum absolute atomic E-state index is 11.1. The molecule has 0 atom stereocenters. The van der Waals surface area contributed by atoms with Crippen LogP contribution in [0.2, 0.25) is 10.3 Å². The first-order valence-electron chi connectivity index (χ1n) is 4.45. The minimum Gasteiger partial charge on any atom is -0.466 e. The largest absolute Gasteiger partial charge is 0.466 e. The zero-order valence-corrected chi connectivity index (χ0v) is 9.68. The average Bonchev–Trinajstić information content (AvgIpc) is 2.17. The first kappa shape index (κ1) is 12.2. The molecule has 0 aromatic carbocycles. The van der Waals surface area contributed by atoms with E-state index in [2.05, 4.69) is 9.97 Å². The number of esters is 1. The normalized spacial score (nSPS) is 10.1. The van der Waals surface area contributed by atoms with E-state index >= 15 is 0 Å². The van der Waals surface area contributed by atoms with Crippen LogP contribution in [0.4, 0.5) is 0 Å². The maximum Gasteiger partial charge on any atom is 0.306 e. The number of rotatable bonds is 4. The van der Waals surface area contributed by atoms with Gasteiger partial charge in [0.25, 0.3) is 0 Å². The maximum atomic E-state index is 11.1. The van der Waals surface area contributed by atoms with Crippen molar-refractivity contribution in [3.05, 3.63) is 22.2 Å². The highest BCUT2D eigenvalue weighted by Crippen LogP contribution is 2.21. The lowest BCUT2D eigenvalue weighted by atomic mass is 10.2. The quantitative estimate of drug-likeness (QED) is 0.606.